The zero-order valence-electron chi connectivity index (χ0n) is 32.9. The number of sulfonamides is 1. The number of carbonyl (C=O) groups is 1. The molecule has 1 unspecified atom stereocenters. The molecule has 0 spiro atoms. The number of amides is 2. The van der Waals surface area contributed by atoms with Crippen molar-refractivity contribution in [2.75, 3.05) is 87.2 Å². The SMILES string of the molecule is COc1ccc(CN(Cc2ccc(OC)cc2OC)S(=O)(=O)c2ccc(N(C)C(=O)N(C)C(CN3CCN(C)CC3)c3ccccc3)c([N+](=O)[O-])c2)c(OC)c1. The van der Waals surface area contributed by atoms with Crippen molar-refractivity contribution < 1.29 is 37.1 Å². The standard InChI is InChI=1S/C40H50N6O9S/c1-41-19-21-44(22-20-41)28-37(29-11-9-8-10-12-29)43(3)40(47)42(2)35-18-17-34(25-36(35)46(48)49)56(50,51)45(26-30-13-15-32(52-4)23-38(30)54-6)27-31-14-16-33(53-5)24-39(31)55-7/h8-18,23-25,37H,19-22,26-28H2,1-7H3. The van der Waals surface area contributed by atoms with Crippen LogP contribution < -0.4 is 23.8 Å². The summed E-state index contributed by atoms with van der Waals surface area (Å²) in [6.07, 6.45) is 0. The third-order valence-corrected chi connectivity index (χ3v) is 11.9. The molecular weight excluding hydrogens is 741 g/mol. The van der Waals surface area contributed by atoms with Gasteiger partial charge in [0.2, 0.25) is 10.0 Å². The second-order valence-electron chi connectivity index (χ2n) is 13.5. The van der Waals surface area contributed by atoms with E-state index in [4.69, 9.17) is 18.9 Å². The van der Waals surface area contributed by atoms with E-state index in [0.717, 1.165) is 37.8 Å². The van der Waals surface area contributed by atoms with E-state index in [0.29, 0.717) is 40.7 Å². The van der Waals surface area contributed by atoms with Crippen molar-refractivity contribution in [2.45, 2.75) is 24.0 Å². The predicted molar refractivity (Wildman–Crippen MR) is 213 cm³/mol. The summed E-state index contributed by atoms with van der Waals surface area (Å²) >= 11 is 0. The lowest BCUT2D eigenvalue weighted by Crippen LogP contribution is -2.49. The number of benzene rings is 4. The van der Waals surface area contributed by atoms with Crippen LogP contribution in [0.2, 0.25) is 0 Å². The van der Waals surface area contributed by atoms with E-state index < -0.39 is 26.7 Å². The third kappa shape index (κ3) is 9.50. The van der Waals surface area contributed by atoms with Crippen molar-refractivity contribution in [3.8, 4) is 23.0 Å². The number of nitro groups is 1. The minimum absolute atomic E-state index is 0.0580. The largest absolute Gasteiger partial charge is 0.497 e. The molecule has 300 valence electrons. The van der Waals surface area contributed by atoms with Gasteiger partial charge in [-0.25, -0.2) is 13.2 Å². The van der Waals surface area contributed by atoms with Gasteiger partial charge in [-0.15, -0.1) is 0 Å². The highest BCUT2D eigenvalue weighted by Gasteiger charge is 2.34. The summed E-state index contributed by atoms with van der Waals surface area (Å²) in [5, 5.41) is 12.7. The van der Waals surface area contributed by atoms with E-state index in [1.54, 1.807) is 48.3 Å². The molecule has 56 heavy (non-hydrogen) atoms. The maximum atomic E-state index is 14.6. The molecule has 0 N–H and O–H groups in total. The van der Waals surface area contributed by atoms with Crippen LogP contribution >= 0.6 is 0 Å². The van der Waals surface area contributed by atoms with Gasteiger partial charge in [0, 0.05) is 89.2 Å². The van der Waals surface area contributed by atoms with Crippen molar-refractivity contribution >= 4 is 27.4 Å². The first kappa shape index (κ1) is 41.7. The van der Waals surface area contributed by atoms with Gasteiger partial charge in [0.15, 0.2) is 0 Å². The summed E-state index contributed by atoms with van der Waals surface area (Å²) in [4.78, 5) is 33.1. The number of urea groups is 1. The summed E-state index contributed by atoms with van der Waals surface area (Å²) in [7, 11) is 6.71. The van der Waals surface area contributed by atoms with Crippen LogP contribution in [-0.4, -0.2) is 121 Å². The lowest BCUT2D eigenvalue weighted by atomic mass is 10.0. The van der Waals surface area contributed by atoms with E-state index in [2.05, 4.69) is 16.8 Å². The monoisotopic (exact) mass is 790 g/mol. The Morgan fingerprint density at radius 2 is 1.34 bits per heavy atom. The van der Waals surface area contributed by atoms with Gasteiger partial charge in [-0.05, 0) is 36.9 Å². The van der Waals surface area contributed by atoms with Crippen molar-refractivity contribution in [1.29, 1.82) is 0 Å². The van der Waals surface area contributed by atoms with E-state index in [1.807, 2.05) is 30.3 Å². The molecule has 5 rings (SSSR count). The average molecular weight is 791 g/mol. The molecule has 4 aromatic rings. The molecule has 1 aliphatic heterocycles. The maximum Gasteiger partial charge on any atom is 0.324 e. The summed E-state index contributed by atoms with van der Waals surface area (Å²) in [6, 6.07) is 22.4. The van der Waals surface area contributed by atoms with Crippen molar-refractivity contribution in [3.05, 3.63) is 112 Å². The smallest absolute Gasteiger partial charge is 0.324 e. The molecule has 1 fully saturated rings. The van der Waals surface area contributed by atoms with Crippen LogP contribution in [0, 0.1) is 10.1 Å². The number of hydrogen-bond donors (Lipinski definition) is 0. The summed E-state index contributed by atoms with van der Waals surface area (Å²) in [5.41, 5.74) is 1.36. The highest BCUT2D eigenvalue weighted by molar-refractivity contribution is 7.89. The lowest BCUT2D eigenvalue weighted by Gasteiger charge is -2.38. The Balaban J connectivity index is 1.50. The Morgan fingerprint density at radius 3 is 1.84 bits per heavy atom. The van der Waals surface area contributed by atoms with Gasteiger partial charge in [0.05, 0.1) is 44.3 Å². The lowest BCUT2D eigenvalue weighted by molar-refractivity contribution is -0.384. The van der Waals surface area contributed by atoms with Crippen LogP contribution in [0.25, 0.3) is 0 Å². The molecule has 1 heterocycles. The second-order valence-corrected chi connectivity index (χ2v) is 15.5. The van der Waals surface area contributed by atoms with Gasteiger partial charge in [0.25, 0.3) is 5.69 Å². The van der Waals surface area contributed by atoms with Crippen LogP contribution in [0.5, 0.6) is 23.0 Å². The summed E-state index contributed by atoms with van der Waals surface area (Å²) in [6.45, 7) is 3.72. The van der Waals surface area contributed by atoms with Crippen LogP contribution in [0.1, 0.15) is 22.7 Å². The normalized spacial score (nSPS) is 14.2. The summed E-state index contributed by atoms with van der Waals surface area (Å²) in [5.74, 6) is 1.81. The number of anilines is 1. The number of piperazine rings is 1. The Hall–Kier alpha value is -5.42. The Morgan fingerprint density at radius 1 is 0.786 bits per heavy atom. The zero-order chi connectivity index (χ0) is 40.6. The Labute approximate surface area is 328 Å². The number of likely N-dealkylation sites (N-methyl/N-ethyl adjacent to an activating group) is 2. The Bertz CT molecular complexity index is 2040. The fourth-order valence-corrected chi connectivity index (χ4v) is 8.10. The van der Waals surface area contributed by atoms with E-state index in [-0.39, 0.29) is 29.7 Å². The second kappa shape index (κ2) is 18.5. The Kier molecular flexibility index (Phi) is 13.8. The van der Waals surface area contributed by atoms with E-state index in [1.165, 1.54) is 56.8 Å². The van der Waals surface area contributed by atoms with Crippen LogP contribution in [0.4, 0.5) is 16.2 Å². The van der Waals surface area contributed by atoms with Gasteiger partial charge in [-0.1, -0.05) is 42.5 Å². The molecule has 2 amide bonds. The fourth-order valence-electron chi connectivity index (χ4n) is 6.69. The minimum Gasteiger partial charge on any atom is -0.497 e. The number of hydrogen-bond acceptors (Lipinski definition) is 11. The van der Waals surface area contributed by atoms with Crippen molar-refractivity contribution in [3.63, 3.8) is 0 Å². The molecule has 0 saturated carbocycles. The maximum absolute atomic E-state index is 14.6. The number of methoxy groups -OCH3 is 4. The van der Waals surface area contributed by atoms with Crippen LogP contribution in [0.3, 0.4) is 0 Å². The molecule has 1 atom stereocenters. The molecule has 15 nitrogen and oxygen atoms in total. The number of carbonyl (C=O) groups excluding carboxylic acids is 1. The van der Waals surface area contributed by atoms with Crippen LogP contribution in [-0.2, 0) is 23.1 Å². The first-order chi connectivity index (χ1) is 26.8. The molecule has 4 aromatic carbocycles. The minimum atomic E-state index is -4.45. The van der Waals surface area contributed by atoms with Crippen molar-refractivity contribution in [1.82, 2.24) is 19.0 Å². The van der Waals surface area contributed by atoms with Gasteiger partial charge in [-0.3, -0.25) is 19.9 Å². The molecule has 0 aliphatic carbocycles. The fraction of sp³-hybridized carbons (Fsp3) is 0.375. The van der Waals surface area contributed by atoms with Crippen molar-refractivity contribution in [2.24, 2.45) is 0 Å². The molecule has 0 aromatic heterocycles. The zero-order valence-corrected chi connectivity index (χ0v) is 33.7. The molecular formula is C40H50N6O9S. The number of nitro benzene ring substituents is 1. The average Bonchev–Trinajstić information content (AvgIpc) is 3.22. The van der Waals surface area contributed by atoms with Crippen LogP contribution in [0.15, 0.2) is 89.8 Å². The topological polar surface area (TPSA) is 147 Å². The van der Waals surface area contributed by atoms with E-state index in [9.17, 15) is 23.3 Å². The summed E-state index contributed by atoms with van der Waals surface area (Å²) < 4.78 is 52.2. The first-order valence-electron chi connectivity index (χ1n) is 18.0. The third-order valence-electron chi connectivity index (χ3n) is 10.1. The van der Waals surface area contributed by atoms with Gasteiger partial charge in [0.1, 0.15) is 28.7 Å². The molecule has 1 saturated heterocycles. The molecule has 16 heteroatoms. The highest BCUT2D eigenvalue weighted by Crippen LogP contribution is 2.36. The van der Waals surface area contributed by atoms with Gasteiger partial charge >= 0.3 is 6.03 Å². The van der Waals surface area contributed by atoms with Gasteiger partial charge in [-0.2, -0.15) is 4.31 Å². The predicted octanol–water partition coefficient (Wildman–Crippen LogP) is 5.50. The number of ether oxygens (including phenoxy) is 4. The van der Waals surface area contributed by atoms with Gasteiger partial charge < -0.3 is 28.7 Å². The first-order valence-corrected chi connectivity index (χ1v) is 19.4. The van der Waals surface area contributed by atoms with E-state index >= 15 is 0 Å². The molecule has 0 radical (unpaired) electrons. The molecule has 0 bridgehead atoms. The molecule has 1 aliphatic rings. The highest BCUT2D eigenvalue weighted by atomic mass is 32.2. The number of nitrogens with zero attached hydrogens (tertiary/aromatic N) is 6. The quantitative estimate of drug-likeness (QED) is 0.105. The number of rotatable bonds is 16.